The first kappa shape index (κ1) is 10.1. The van der Waals surface area contributed by atoms with Crippen molar-refractivity contribution >= 4 is 6.21 Å². The summed E-state index contributed by atoms with van der Waals surface area (Å²) in [7, 11) is 1.85. The van der Waals surface area contributed by atoms with Crippen LogP contribution in [-0.2, 0) is 7.05 Å². The maximum Gasteiger partial charge on any atom is 0.141 e. The molecule has 2 heterocycles. The molecular weight excluding hydrogens is 204 g/mol. The molecule has 2 aromatic heterocycles. The predicted molar refractivity (Wildman–Crippen MR) is 57.9 cm³/mol. The van der Waals surface area contributed by atoms with Gasteiger partial charge in [0.05, 0.1) is 6.21 Å². The lowest BCUT2D eigenvalue weighted by Gasteiger charge is -1.97. The monoisotopic (exact) mass is 214 g/mol. The van der Waals surface area contributed by atoms with Crippen molar-refractivity contribution in [2.24, 2.45) is 12.1 Å². The summed E-state index contributed by atoms with van der Waals surface area (Å²) >= 11 is 0. The number of rotatable bonds is 2. The molecule has 0 spiro atoms. The van der Waals surface area contributed by atoms with Gasteiger partial charge in [-0.2, -0.15) is 10.4 Å². The van der Waals surface area contributed by atoms with E-state index in [9.17, 15) is 0 Å². The SMILES string of the molecule is Cc1c(/C=N\n2cnnc2)cc(C#N)n1C. The molecule has 0 fully saturated rings. The summed E-state index contributed by atoms with van der Waals surface area (Å²) in [5.41, 5.74) is 2.52. The molecule has 16 heavy (non-hydrogen) atoms. The zero-order chi connectivity index (χ0) is 11.5. The highest BCUT2D eigenvalue weighted by Crippen LogP contribution is 2.10. The van der Waals surface area contributed by atoms with Gasteiger partial charge < -0.3 is 4.57 Å². The summed E-state index contributed by atoms with van der Waals surface area (Å²) in [6.45, 7) is 1.94. The van der Waals surface area contributed by atoms with Crippen LogP contribution in [0.15, 0.2) is 23.8 Å². The second-order valence-corrected chi connectivity index (χ2v) is 3.33. The van der Waals surface area contributed by atoms with E-state index in [4.69, 9.17) is 5.26 Å². The highest BCUT2D eigenvalue weighted by Gasteiger charge is 2.06. The van der Waals surface area contributed by atoms with Crippen LogP contribution in [0.25, 0.3) is 0 Å². The summed E-state index contributed by atoms with van der Waals surface area (Å²) in [6.07, 6.45) is 4.68. The van der Waals surface area contributed by atoms with Crippen molar-refractivity contribution in [2.75, 3.05) is 0 Å². The van der Waals surface area contributed by atoms with Crippen LogP contribution < -0.4 is 0 Å². The normalized spacial score (nSPS) is 10.8. The summed E-state index contributed by atoms with van der Waals surface area (Å²) in [4.78, 5) is 0. The average Bonchev–Trinajstić information content (AvgIpc) is 2.88. The molecular formula is C10H10N6. The summed E-state index contributed by atoms with van der Waals surface area (Å²) in [6, 6.07) is 3.91. The third-order valence-corrected chi connectivity index (χ3v) is 2.43. The van der Waals surface area contributed by atoms with Crippen molar-refractivity contribution in [1.82, 2.24) is 19.4 Å². The van der Waals surface area contributed by atoms with Gasteiger partial charge in [0.1, 0.15) is 24.4 Å². The van der Waals surface area contributed by atoms with E-state index in [1.807, 2.05) is 18.5 Å². The van der Waals surface area contributed by atoms with E-state index in [-0.39, 0.29) is 0 Å². The number of nitriles is 1. The van der Waals surface area contributed by atoms with Crippen LogP contribution in [0.4, 0.5) is 0 Å². The fraction of sp³-hybridized carbons (Fsp3) is 0.200. The van der Waals surface area contributed by atoms with Gasteiger partial charge in [0, 0.05) is 18.3 Å². The third-order valence-electron chi connectivity index (χ3n) is 2.43. The van der Waals surface area contributed by atoms with E-state index < -0.39 is 0 Å². The Hall–Kier alpha value is -2.42. The van der Waals surface area contributed by atoms with Gasteiger partial charge in [0.15, 0.2) is 0 Å². The zero-order valence-corrected chi connectivity index (χ0v) is 8.99. The molecule has 0 radical (unpaired) electrons. The first-order valence-corrected chi connectivity index (χ1v) is 4.68. The minimum absolute atomic E-state index is 0.614. The van der Waals surface area contributed by atoms with E-state index >= 15 is 0 Å². The van der Waals surface area contributed by atoms with Gasteiger partial charge >= 0.3 is 0 Å². The minimum Gasteiger partial charge on any atom is -0.339 e. The molecule has 0 aromatic carbocycles. The van der Waals surface area contributed by atoms with Crippen LogP contribution >= 0.6 is 0 Å². The Bertz CT molecular complexity index is 555. The Morgan fingerprint density at radius 3 is 2.69 bits per heavy atom. The molecule has 2 rings (SSSR count). The van der Waals surface area contributed by atoms with Crippen LogP contribution in [0, 0.1) is 18.3 Å². The maximum absolute atomic E-state index is 8.87. The number of hydrogen-bond acceptors (Lipinski definition) is 4. The van der Waals surface area contributed by atoms with Gasteiger partial charge in [-0.15, -0.1) is 10.2 Å². The van der Waals surface area contributed by atoms with E-state index in [2.05, 4.69) is 21.4 Å². The van der Waals surface area contributed by atoms with Crippen LogP contribution in [-0.4, -0.2) is 25.7 Å². The standard InChI is InChI=1S/C10H10N6/c1-8-9(3-10(4-11)15(8)2)5-14-16-6-12-13-7-16/h3,5-7H,1-2H3/b14-5-. The lowest BCUT2D eigenvalue weighted by atomic mass is 10.3. The minimum atomic E-state index is 0.614. The van der Waals surface area contributed by atoms with Crippen LogP contribution in [0.3, 0.4) is 0 Å². The van der Waals surface area contributed by atoms with E-state index in [0.717, 1.165) is 11.3 Å². The van der Waals surface area contributed by atoms with Gasteiger partial charge in [0.2, 0.25) is 0 Å². The molecule has 0 unspecified atom stereocenters. The molecule has 0 atom stereocenters. The lowest BCUT2D eigenvalue weighted by Crippen LogP contribution is -1.95. The van der Waals surface area contributed by atoms with Crippen LogP contribution in [0.2, 0.25) is 0 Å². The van der Waals surface area contributed by atoms with Crippen molar-refractivity contribution in [3.8, 4) is 6.07 Å². The van der Waals surface area contributed by atoms with Crippen LogP contribution in [0.5, 0.6) is 0 Å². The van der Waals surface area contributed by atoms with Gasteiger partial charge in [-0.05, 0) is 13.0 Å². The van der Waals surface area contributed by atoms with E-state index in [1.165, 1.54) is 17.3 Å². The van der Waals surface area contributed by atoms with E-state index in [1.54, 1.807) is 12.3 Å². The quantitative estimate of drug-likeness (QED) is 0.690. The van der Waals surface area contributed by atoms with Crippen molar-refractivity contribution in [1.29, 1.82) is 5.26 Å². The second-order valence-electron chi connectivity index (χ2n) is 3.33. The van der Waals surface area contributed by atoms with Gasteiger partial charge in [-0.1, -0.05) is 0 Å². The maximum atomic E-state index is 8.87. The molecule has 6 nitrogen and oxygen atoms in total. The zero-order valence-electron chi connectivity index (χ0n) is 8.99. The molecule has 0 aliphatic rings. The van der Waals surface area contributed by atoms with Gasteiger partial charge in [-0.3, -0.25) is 0 Å². The summed E-state index contributed by atoms with van der Waals surface area (Å²) < 4.78 is 3.33. The molecule has 0 saturated carbocycles. The van der Waals surface area contributed by atoms with Gasteiger partial charge in [0.25, 0.3) is 0 Å². The van der Waals surface area contributed by atoms with Crippen molar-refractivity contribution in [2.45, 2.75) is 6.92 Å². The highest BCUT2D eigenvalue weighted by atomic mass is 15.4. The first-order valence-electron chi connectivity index (χ1n) is 4.68. The average molecular weight is 214 g/mol. The summed E-state index contributed by atoms with van der Waals surface area (Å²) in [5, 5.41) is 20.3. The molecule has 80 valence electrons. The Balaban J connectivity index is 2.33. The Kier molecular flexibility index (Phi) is 2.52. The Morgan fingerprint density at radius 1 is 1.44 bits per heavy atom. The second kappa shape index (κ2) is 3.98. The van der Waals surface area contributed by atoms with Crippen molar-refractivity contribution < 1.29 is 0 Å². The smallest absolute Gasteiger partial charge is 0.141 e. The summed E-state index contributed by atoms with van der Waals surface area (Å²) in [5.74, 6) is 0. The highest BCUT2D eigenvalue weighted by molar-refractivity contribution is 5.82. The largest absolute Gasteiger partial charge is 0.339 e. The topological polar surface area (TPSA) is 71.8 Å². The molecule has 0 aliphatic carbocycles. The Morgan fingerprint density at radius 2 is 2.12 bits per heavy atom. The van der Waals surface area contributed by atoms with Crippen molar-refractivity contribution in [3.05, 3.63) is 35.7 Å². The molecule has 6 heteroatoms. The number of hydrogen-bond donors (Lipinski definition) is 0. The van der Waals surface area contributed by atoms with Crippen LogP contribution in [0.1, 0.15) is 17.0 Å². The van der Waals surface area contributed by atoms with E-state index in [0.29, 0.717) is 5.69 Å². The molecule has 0 amide bonds. The van der Waals surface area contributed by atoms with Crippen molar-refractivity contribution in [3.63, 3.8) is 0 Å². The molecule has 0 N–H and O–H groups in total. The lowest BCUT2D eigenvalue weighted by molar-refractivity contribution is 0.861. The molecule has 2 aromatic rings. The Labute approximate surface area is 92.5 Å². The molecule has 0 aliphatic heterocycles. The predicted octanol–water partition coefficient (Wildman–Crippen LogP) is 0.679. The third kappa shape index (κ3) is 1.70. The fourth-order valence-electron chi connectivity index (χ4n) is 1.34. The first-order chi connectivity index (χ1) is 7.72. The van der Waals surface area contributed by atoms with Gasteiger partial charge in [-0.25, -0.2) is 4.68 Å². The fourth-order valence-corrected chi connectivity index (χ4v) is 1.34. The molecule has 0 bridgehead atoms. The number of nitrogens with zero attached hydrogens (tertiary/aromatic N) is 6. The molecule has 0 saturated heterocycles. The number of aromatic nitrogens is 4.